The Bertz CT molecular complexity index is 1140. The maximum absolute atomic E-state index is 13.1. The Balaban J connectivity index is 1.97. The lowest BCUT2D eigenvalue weighted by molar-refractivity contribution is 0.0570. The van der Waals surface area contributed by atoms with Crippen LogP contribution < -0.4 is 5.43 Å². The molecule has 0 fully saturated rings. The summed E-state index contributed by atoms with van der Waals surface area (Å²) in [6.07, 6.45) is 1.09. The third-order valence-electron chi connectivity index (χ3n) is 5.72. The highest BCUT2D eigenvalue weighted by molar-refractivity contribution is 5.96. The monoisotopic (exact) mass is 403 g/mol. The number of nitrogens with zero attached hydrogens (tertiary/aromatic N) is 3. The first-order valence-electron chi connectivity index (χ1n) is 10.1. The van der Waals surface area contributed by atoms with Crippen LogP contribution in [0, 0.1) is 6.92 Å². The topological polar surface area (TPSA) is 75.4 Å². The van der Waals surface area contributed by atoms with Crippen LogP contribution in [-0.4, -0.2) is 38.3 Å². The fourth-order valence-corrected chi connectivity index (χ4v) is 4.26. The maximum atomic E-state index is 13.1. The Labute approximate surface area is 175 Å². The van der Waals surface area contributed by atoms with Crippen molar-refractivity contribution in [2.75, 3.05) is 6.54 Å². The molecule has 1 amide bonds. The van der Waals surface area contributed by atoms with E-state index in [1.54, 1.807) is 4.90 Å². The Morgan fingerprint density at radius 3 is 2.40 bits per heavy atom. The van der Waals surface area contributed by atoms with E-state index in [1.807, 2.05) is 51.1 Å². The second-order valence-electron chi connectivity index (χ2n) is 8.07. The van der Waals surface area contributed by atoms with Crippen molar-refractivity contribution in [3.05, 3.63) is 93.4 Å². The van der Waals surface area contributed by atoms with Gasteiger partial charge in [0.2, 0.25) is 5.43 Å². The summed E-state index contributed by atoms with van der Waals surface area (Å²) in [5.74, 6) is -1.03. The summed E-state index contributed by atoms with van der Waals surface area (Å²) in [6.45, 7) is 6.33. The van der Waals surface area contributed by atoms with Crippen LogP contribution in [0.5, 0.6) is 5.75 Å². The third kappa shape index (κ3) is 3.38. The molecule has 6 nitrogen and oxygen atoms in total. The van der Waals surface area contributed by atoms with Gasteiger partial charge in [-0.2, -0.15) is 5.10 Å². The maximum Gasteiger partial charge on any atom is 0.276 e. The number of carbonyl (C=O) groups is 1. The Morgan fingerprint density at radius 2 is 1.73 bits per heavy atom. The molecule has 0 saturated carbocycles. The number of carbonyl (C=O) groups excluding carboxylic acids is 1. The van der Waals surface area contributed by atoms with E-state index < -0.39 is 11.2 Å². The average Bonchev–Trinajstić information content (AvgIpc) is 2.73. The van der Waals surface area contributed by atoms with Crippen molar-refractivity contribution < 1.29 is 9.90 Å². The first-order valence-corrected chi connectivity index (χ1v) is 10.1. The van der Waals surface area contributed by atoms with Crippen molar-refractivity contribution in [2.45, 2.75) is 38.8 Å². The first-order chi connectivity index (χ1) is 14.4. The fraction of sp³-hybridized carbons (Fsp3) is 0.292. The largest absolute Gasteiger partial charge is 0.502 e. The number of hydrogen-bond acceptors (Lipinski definition) is 4. The van der Waals surface area contributed by atoms with Crippen LogP contribution >= 0.6 is 0 Å². The predicted octanol–water partition coefficient (Wildman–Crippen LogP) is 3.49. The molecule has 1 N–H and O–H groups in total. The zero-order valence-corrected chi connectivity index (χ0v) is 17.3. The van der Waals surface area contributed by atoms with Crippen LogP contribution in [0.15, 0.2) is 65.6 Å². The Morgan fingerprint density at radius 1 is 1.03 bits per heavy atom. The quantitative estimate of drug-likeness (QED) is 0.724. The van der Waals surface area contributed by atoms with Gasteiger partial charge in [-0.15, -0.1) is 0 Å². The number of benzene rings is 2. The molecule has 1 aliphatic rings. The van der Waals surface area contributed by atoms with Gasteiger partial charge in [0.25, 0.3) is 5.91 Å². The summed E-state index contributed by atoms with van der Waals surface area (Å²) in [5.41, 5.74) is 2.62. The van der Waals surface area contributed by atoms with Crippen LogP contribution in [0.25, 0.3) is 0 Å². The molecule has 30 heavy (non-hydrogen) atoms. The highest BCUT2D eigenvalue weighted by atomic mass is 16.3. The van der Waals surface area contributed by atoms with Gasteiger partial charge in [-0.05, 0) is 31.9 Å². The standard InChI is InChI=1S/C24H25N3O3/c1-15(2)26-14-19(27-22(24(26)30)23(29)20(28)13-25-27)21(17-9-5-4-6-10-17)18-11-7-8-16(3)12-18/h4-13,15,19,21,29H,14H2,1-3H3. The van der Waals surface area contributed by atoms with E-state index in [2.05, 4.69) is 29.4 Å². The van der Waals surface area contributed by atoms with Crippen molar-refractivity contribution >= 4 is 5.91 Å². The fourth-order valence-electron chi connectivity index (χ4n) is 4.26. The van der Waals surface area contributed by atoms with Gasteiger partial charge in [0.05, 0.1) is 12.2 Å². The molecular weight excluding hydrogens is 378 g/mol. The summed E-state index contributed by atoms with van der Waals surface area (Å²) in [7, 11) is 0. The van der Waals surface area contributed by atoms with Crippen LogP contribution in [0.1, 0.15) is 53.0 Å². The zero-order chi connectivity index (χ0) is 21.4. The molecular formula is C24H25N3O3. The molecule has 2 aromatic carbocycles. The number of rotatable bonds is 4. The minimum absolute atomic E-state index is 0.0407. The summed E-state index contributed by atoms with van der Waals surface area (Å²) < 4.78 is 1.54. The minimum atomic E-state index is -0.647. The van der Waals surface area contributed by atoms with Gasteiger partial charge in [0.15, 0.2) is 11.4 Å². The smallest absolute Gasteiger partial charge is 0.276 e. The van der Waals surface area contributed by atoms with Gasteiger partial charge < -0.3 is 10.0 Å². The summed E-state index contributed by atoms with van der Waals surface area (Å²) in [4.78, 5) is 26.9. The second kappa shape index (κ2) is 7.78. The van der Waals surface area contributed by atoms with E-state index >= 15 is 0 Å². The van der Waals surface area contributed by atoms with Gasteiger partial charge >= 0.3 is 0 Å². The lowest BCUT2D eigenvalue weighted by atomic mass is 9.83. The van der Waals surface area contributed by atoms with Crippen molar-refractivity contribution in [1.82, 2.24) is 14.7 Å². The van der Waals surface area contributed by atoms with Gasteiger partial charge in [0.1, 0.15) is 0 Å². The number of aryl methyl sites for hydroxylation is 1. The third-order valence-corrected chi connectivity index (χ3v) is 5.72. The van der Waals surface area contributed by atoms with Crippen molar-refractivity contribution in [3.8, 4) is 5.75 Å². The highest BCUT2D eigenvalue weighted by Crippen LogP contribution is 2.39. The van der Waals surface area contributed by atoms with Crippen LogP contribution in [0.2, 0.25) is 0 Å². The van der Waals surface area contributed by atoms with Gasteiger partial charge in [-0.3, -0.25) is 14.3 Å². The molecule has 1 aliphatic heterocycles. The number of aromatic hydroxyl groups is 1. The van der Waals surface area contributed by atoms with Gasteiger partial charge in [-0.1, -0.05) is 60.2 Å². The molecule has 0 saturated heterocycles. The van der Waals surface area contributed by atoms with E-state index in [-0.39, 0.29) is 29.6 Å². The lowest BCUT2D eigenvalue weighted by Gasteiger charge is -2.41. The molecule has 2 atom stereocenters. The molecule has 0 bridgehead atoms. The normalized spacial score (nSPS) is 17.1. The van der Waals surface area contributed by atoms with E-state index in [0.29, 0.717) is 6.54 Å². The molecule has 2 heterocycles. The van der Waals surface area contributed by atoms with E-state index in [4.69, 9.17) is 0 Å². The van der Waals surface area contributed by atoms with Crippen molar-refractivity contribution in [2.24, 2.45) is 0 Å². The summed E-state index contributed by atoms with van der Waals surface area (Å²) >= 11 is 0. The Hall–Kier alpha value is -3.41. The molecule has 6 heteroatoms. The SMILES string of the molecule is Cc1cccc(C(c2ccccc2)C2CN(C(C)C)C(=O)c3c(O)c(=O)cnn32)c1. The molecule has 1 aromatic heterocycles. The molecule has 2 unspecified atom stereocenters. The second-order valence-corrected chi connectivity index (χ2v) is 8.07. The predicted molar refractivity (Wildman–Crippen MR) is 115 cm³/mol. The van der Waals surface area contributed by atoms with E-state index in [9.17, 15) is 14.7 Å². The highest BCUT2D eigenvalue weighted by Gasteiger charge is 2.40. The first kappa shape index (κ1) is 19.9. The summed E-state index contributed by atoms with van der Waals surface area (Å²) in [6, 6.07) is 18.0. The number of aromatic nitrogens is 2. The molecule has 4 rings (SSSR count). The molecule has 0 spiro atoms. The minimum Gasteiger partial charge on any atom is -0.502 e. The number of amides is 1. The van der Waals surface area contributed by atoms with Crippen LogP contribution in [0.4, 0.5) is 0 Å². The zero-order valence-electron chi connectivity index (χ0n) is 17.3. The van der Waals surface area contributed by atoms with Gasteiger partial charge in [-0.25, -0.2) is 0 Å². The molecule has 154 valence electrons. The lowest BCUT2D eigenvalue weighted by Crippen LogP contribution is -2.49. The summed E-state index contributed by atoms with van der Waals surface area (Å²) in [5, 5.41) is 14.8. The Kier molecular flexibility index (Phi) is 5.16. The molecule has 3 aromatic rings. The molecule has 0 aliphatic carbocycles. The molecule has 0 radical (unpaired) electrons. The van der Waals surface area contributed by atoms with Crippen LogP contribution in [0.3, 0.4) is 0 Å². The van der Waals surface area contributed by atoms with Crippen LogP contribution in [-0.2, 0) is 0 Å². The number of hydrogen-bond donors (Lipinski definition) is 1. The number of fused-ring (bicyclic) bond motifs is 1. The van der Waals surface area contributed by atoms with Gasteiger partial charge in [0, 0.05) is 18.5 Å². The van der Waals surface area contributed by atoms with E-state index in [0.717, 1.165) is 22.9 Å². The van der Waals surface area contributed by atoms with Crippen molar-refractivity contribution in [1.29, 1.82) is 0 Å². The van der Waals surface area contributed by atoms with E-state index in [1.165, 1.54) is 4.68 Å². The van der Waals surface area contributed by atoms with Crippen molar-refractivity contribution in [3.63, 3.8) is 0 Å². The average molecular weight is 403 g/mol.